The third-order valence-corrected chi connectivity index (χ3v) is 4.05. The van der Waals surface area contributed by atoms with E-state index in [0.717, 1.165) is 37.8 Å². The predicted molar refractivity (Wildman–Crippen MR) is 105 cm³/mol. The molecule has 1 aromatic carbocycles. The molecule has 124 valence electrons. The van der Waals surface area contributed by atoms with E-state index in [1.54, 1.807) is 0 Å². The number of benzene rings is 1. The second-order valence-electron chi connectivity index (χ2n) is 5.89. The average molecular weight is 416 g/mol. The molecule has 1 atom stereocenters. The summed E-state index contributed by atoms with van der Waals surface area (Å²) in [4.78, 5) is 6.68. The summed E-state index contributed by atoms with van der Waals surface area (Å²) in [6.45, 7) is 4.38. The van der Waals surface area contributed by atoms with Gasteiger partial charge in [0, 0.05) is 26.7 Å². The van der Waals surface area contributed by atoms with Crippen LogP contribution < -0.4 is 10.6 Å². The van der Waals surface area contributed by atoms with Gasteiger partial charge in [0.2, 0.25) is 0 Å². The lowest BCUT2D eigenvalue weighted by Gasteiger charge is -2.15. The van der Waals surface area contributed by atoms with E-state index in [2.05, 4.69) is 57.9 Å². The lowest BCUT2D eigenvalue weighted by atomic mass is 10.1. The van der Waals surface area contributed by atoms with E-state index >= 15 is 0 Å². The number of halogens is 1. The molecule has 5 heteroatoms. The number of rotatable bonds is 6. The van der Waals surface area contributed by atoms with Crippen LogP contribution in [0.15, 0.2) is 35.3 Å². The first-order valence-electron chi connectivity index (χ1n) is 7.95. The van der Waals surface area contributed by atoms with Crippen molar-refractivity contribution in [2.45, 2.75) is 19.3 Å². The van der Waals surface area contributed by atoms with Gasteiger partial charge in [0.15, 0.2) is 5.96 Å². The van der Waals surface area contributed by atoms with Crippen LogP contribution in [0.5, 0.6) is 0 Å². The fourth-order valence-corrected chi connectivity index (χ4v) is 2.80. The van der Waals surface area contributed by atoms with Gasteiger partial charge < -0.3 is 15.5 Å². The highest BCUT2D eigenvalue weighted by atomic mass is 127. The zero-order chi connectivity index (χ0) is 14.9. The Morgan fingerprint density at radius 3 is 2.68 bits per heavy atom. The summed E-state index contributed by atoms with van der Waals surface area (Å²) in [7, 11) is 4.03. The molecule has 0 bridgehead atoms. The summed E-state index contributed by atoms with van der Waals surface area (Å²) in [5.74, 6) is 1.68. The zero-order valence-electron chi connectivity index (χ0n) is 13.7. The third-order valence-electron chi connectivity index (χ3n) is 4.05. The Bertz CT molecular complexity index is 436. The molecule has 1 saturated heterocycles. The standard InChI is InChI=1S/C17H28N4.HI/c1-18-17(20-13-16-10-12-21(2)14-16)19-11-6-9-15-7-4-3-5-8-15;/h3-5,7-8,16H,6,9-14H2,1-2H3,(H2,18,19,20);1H. The Hall–Kier alpha value is -0.820. The van der Waals surface area contributed by atoms with Gasteiger partial charge >= 0.3 is 0 Å². The van der Waals surface area contributed by atoms with Crippen molar-refractivity contribution in [1.82, 2.24) is 15.5 Å². The van der Waals surface area contributed by atoms with Crippen LogP contribution in [0, 0.1) is 5.92 Å². The number of nitrogens with zero attached hydrogens (tertiary/aromatic N) is 2. The molecule has 1 aliphatic rings. The topological polar surface area (TPSA) is 39.7 Å². The molecule has 4 nitrogen and oxygen atoms in total. The molecule has 0 radical (unpaired) electrons. The van der Waals surface area contributed by atoms with Crippen LogP contribution in [0.1, 0.15) is 18.4 Å². The molecule has 1 aliphatic heterocycles. The largest absolute Gasteiger partial charge is 0.356 e. The van der Waals surface area contributed by atoms with Crippen LogP contribution in [0.2, 0.25) is 0 Å². The maximum atomic E-state index is 4.29. The molecular weight excluding hydrogens is 387 g/mol. The molecule has 1 fully saturated rings. The van der Waals surface area contributed by atoms with E-state index in [4.69, 9.17) is 0 Å². The van der Waals surface area contributed by atoms with Gasteiger partial charge in [-0.3, -0.25) is 4.99 Å². The number of nitrogens with one attached hydrogen (secondary N) is 2. The smallest absolute Gasteiger partial charge is 0.190 e. The second-order valence-corrected chi connectivity index (χ2v) is 5.89. The summed E-state index contributed by atoms with van der Waals surface area (Å²) in [5.41, 5.74) is 1.40. The summed E-state index contributed by atoms with van der Waals surface area (Å²) in [6.07, 6.45) is 3.52. The van der Waals surface area contributed by atoms with Crippen molar-refractivity contribution < 1.29 is 0 Å². The normalized spacial score (nSPS) is 18.8. The molecule has 1 aromatic rings. The summed E-state index contributed by atoms with van der Waals surface area (Å²) in [5, 5.41) is 6.84. The van der Waals surface area contributed by atoms with Gasteiger partial charge in [-0.15, -0.1) is 24.0 Å². The van der Waals surface area contributed by atoms with Gasteiger partial charge in [-0.05, 0) is 44.3 Å². The Balaban J connectivity index is 0.00000242. The fraction of sp³-hybridized carbons (Fsp3) is 0.588. The molecule has 0 aromatic heterocycles. The van der Waals surface area contributed by atoms with Gasteiger partial charge in [-0.25, -0.2) is 0 Å². The Labute approximate surface area is 151 Å². The minimum Gasteiger partial charge on any atom is -0.356 e. The first kappa shape index (κ1) is 19.2. The van der Waals surface area contributed by atoms with Crippen LogP contribution in [-0.4, -0.2) is 51.1 Å². The van der Waals surface area contributed by atoms with E-state index < -0.39 is 0 Å². The number of hydrogen-bond acceptors (Lipinski definition) is 2. The van der Waals surface area contributed by atoms with Crippen molar-refractivity contribution in [3.63, 3.8) is 0 Å². The van der Waals surface area contributed by atoms with E-state index in [1.165, 1.54) is 25.1 Å². The molecule has 1 heterocycles. The van der Waals surface area contributed by atoms with Crippen LogP contribution in [0.25, 0.3) is 0 Å². The SMILES string of the molecule is CN=C(NCCCc1ccccc1)NCC1CCN(C)C1.I. The number of likely N-dealkylation sites (tertiary alicyclic amines) is 1. The second kappa shape index (κ2) is 10.8. The molecular formula is C17H29IN4. The molecule has 2 rings (SSSR count). The number of aliphatic imine (C=N–C) groups is 1. The van der Waals surface area contributed by atoms with Gasteiger partial charge in [-0.1, -0.05) is 30.3 Å². The lowest BCUT2D eigenvalue weighted by molar-refractivity contribution is 0.394. The predicted octanol–water partition coefficient (Wildman–Crippen LogP) is 2.35. The summed E-state index contributed by atoms with van der Waals surface area (Å²) >= 11 is 0. The zero-order valence-corrected chi connectivity index (χ0v) is 16.0. The lowest BCUT2D eigenvalue weighted by Crippen LogP contribution is -2.40. The Kier molecular flexibility index (Phi) is 9.47. The molecule has 0 amide bonds. The summed E-state index contributed by atoms with van der Waals surface area (Å²) < 4.78 is 0. The van der Waals surface area contributed by atoms with Crippen molar-refractivity contribution in [2.75, 3.05) is 40.3 Å². The number of aryl methyl sites for hydroxylation is 1. The van der Waals surface area contributed by atoms with Crippen molar-refractivity contribution in [3.05, 3.63) is 35.9 Å². The summed E-state index contributed by atoms with van der Waals surface area (Å²) in [6, 6.07) is 10.6. The first-order chi connectivity index (χ1) is 10.3. The minimum absolute atomic E-state index is 0. The van der Waals surface area contributed by atoms with Gasteiger partial charge in [0.25, 0.3) is 0 Å². The van der Waals surface area contributed by atoms with Gasteiger partial charge in [0.1, 0.15) is 0 Å². The monoisotopic (exact) mass is 416 g/mol. The minimum atomic E-state index is 0. The fourth-order valence-electron chi connectivity index (χ4n) is 2.80. The molecule has 0 saturated carbocycles. The van der Waals surface area contributed by atoms with E-state index in [-0.39, 0.29) is 24.0 Å². The molecule has 0 aliphatic carbocycles. The van der Waals surface area contributed by atoms with E-state index in [9.17, 15) is 0 Å². The van der Waals surface area contributed by atoms with Crippen LogP contribution in [-0.2, 0) is 6.42 Å². The Morgan fingerprint density at radius 2 is 2.05 bits per heavy atom. The van der Waals surface area contributed by atoms with Crippen molar-refractivity contribution in [3.8, 4) is 0 Å². The van der Waals surface area contributed by atoms with Gasteiger partial charge in [0.05, 0.1) is 0 Å². The van der Waals surface area contributed by atoms with Crippen LogP contribution in [0.3, 0.4) is 0 Å². The van der Waals surface area contributed by atoms with E-state index in [0.29, 0.717) is 0 Å². The van der Waals surface area contributed by atoms with Crippen molar-refractivity contribution >= 4 is 29.9 Å². The number of hydrogen-bond donors (Lipinski definition) is 2. The highest BCUT2D eigenvalue weighted by Crippen LogP contribution is 2.12. The highest BCUT2D eigenvalue weighted by Gasteiger charge is 2.19. The van der Waals surface area contributed by atoms with Crippen molar-refractivity contribution in [1.29, 1.82) is 0 Å². The number of guanidine groups is 1. The molecule has 2 N–H and O–H groups in total. The molecule has 22 heavy (non-hydrogen) atoms. The van der Waals surface area contributed by atoms with Crippen molar-refractivity contribution in [2.24, 2.45) is 10.9 Å². The highest BCUT2D eigenvalue weighted by molar-refractivity contribution is 14.0. The third kappa shape index (κ3) is 6.96. The average Bonchev–Trinajstić information content (AvgIpc) is 2.93. The van der Waals surface area contributed by atoms with E-state index in [1.807, 2.05) is 7.05 Å². The first-order valence-corrected chi connectivity index (χ1v) is 7.95. The van der Waals surface area contributed by atoms with Crippen LogP contribution in [0.4, 0.5) is 0 Å². The maximum Gasteiger partial charge on any atom is 0.190 e. The maximum absolute atomic E-state index is 4.29. The van der Waals surface area contributed by atoms with Gasteiger partial charge in [-0.2, -0.15) is 0 Å². The molecule has 0 spiro atoms. The Morgan fingerprint density at radius 1 is 1.27 bits per heavy atom. The molecule has 1 unspecified atom stereocenters. The van der Waals surface area contributed by atoms with Crippen LogP contribution >= 0.6 is 24.0 Å². The quantitative estimate of drug-likeness (QED) is 0.324.